The molecule has 2 aromatic rings. The SMILES string of the molecule is CNC(Cc1ccc(OC)c(F)c1)c1sccc1Cl. The third kappa shape index (κ3) is 3.26. The molecule has 1 unspecified atom stereocenters. The Balaban J connectivity index is 2.19. The monoisotopic (exact) mass is 299 g/mol. The van der Waals surface area contributed by atoms with E-state index >= 15 is 0 Å². The maximum atomic E-state index is 13.7. The minimum absolute atomic E-state index is 0.0836. The third-order valence-corrected chi connectivity index (χ3v) is 4.44. The lowest BCUT2D eigenvalue weighted by molar-refractivity contribution is 0.386. The molecule has 0 amide bonds. The number of halogens is 2. The molecule has 1 aromatic carbocycles. The summed E-state index contributed by atoms with van der Waals surface area (Å²) in [5.41, 5.74) is 0.905. The first-order chi connectivity index (χ1) is 9.15. The zero-order chi connectivity index (χ0) is 13.8. The van der Waals surface area contributed by atoms with Gasteiger partial charge in [0.05, 0.1) is 12.1 Å². The normalized spacial score (nSPS) is 12.4. The highest BCUT2D eigenvalue weighted by Crippen LogP contribution is 2.31. The molecular weight excluding hydrogens is 285 g/mol. The molecule has 1 aromatic heterocycles. The Morgan fingerprint density at radius 1 is 1.42 bits per heavy atom. The lowest BCUT2D eigenvalue weighted by atomic mass is 10.0. The average molecular weight is 300 g/mol. The van der Waals surface area contributed by atoms with Crippen LogP contribution in [0, 0.1) is 5.82 Å². The van der Waals surface area contributed by atoms with E-state index in [1.54, 1.807) is 17.4 Å². The maximum Gasteiger partial charge on any atom is 0.165 e. The predicted molar refractivity (Wildman–Crippen MR) is 77.8 cm³/mol. The second kappa shape index (κ2) is 6.37. The topological polar surface area (TPSA) is 21.3 Å². The number of hydrogen-bond donors (Lipinski definition) is 1. The lowest BCUT2D eigenvalue weighted by Gasteiger charge is -2.16. The molecule has 2 nitrogen and oxygen atoms in total. The van der Waals surface area contributed by atoms with Crippen LogP contribution in [0.15, 0.2) is 29.6 Å². The first-order valence-electron chi connectivity index (χ1n) is 5.88. The highest BCUT2D eigenvalue weighted by molar-refractivity contribution is 7.10. The van der Waals surface area contributed by atoms with Gasteiger partial charge < -0.3 is 10.1 Å². The van der Waals surface area contributed by atoms with E-state index in [-0.39, 0.29) is 17.6 Å². The van der Waals surface area contributed by atoms with Crippen LogP contribution in [-0.4, -0.2) is 14.2 Å². The Morgan fingerprint density at radius 2 is 2.21 bits per heavy atom. The Kier molecular flexibility index (Phi) is 4.80. The Hall–Kier alpha value is -1.10. The summed E-state index contributed by atoms with van der Waals surface area (Å²) in [4.78, 5) is 1.07. The summed E-state index contributed by atoms with van der Waals surface area (Å²) >= 11 is 7.74. The molecule has 0 saturated carbocycles. The number of hydrogen-bond acceptors (Lipinski definition) is 3. The number of benzene rings is 1. The molecule has 0 fully saturated rings. The zero-order valence-corrected chi connectivity index (χ0v) is 12.3. The molecule has 5 heteroatoms. The molecule has 1 N–H and O–H groups in total. The fourth-order valence-corrected chi connectivity index (χ4v) is 3.25. The molecule has 102 valence electrons. The minimum Gasteiger partial charge on any atom is -0.494 e. The lowest BCUT2D eigenvalue weighted by Crippen LogP contribution is -2.18. The van der Waals surface area contributed by atoms with Crippen molar-refractivity contribution in [1.29, 1.82) is 0 Å². The van der Waals surface area contributed by atoms with E-state index in [9.17, 15) is 4.39 Å². The van der Waals surface area contributed by atoms with E-state index in [1.807, 2.05) is 24.6 Å². The van der Waals surface area contributed by atoms with Gasteiger partial charge in [-0.1, -0.05) is 17.7 Å². The van der Waals surface area contributed by atoms with Crippen LogP contribution in [0.3, 0.4) is 0 Å². The van der Waals surface area contributed by atoms with Crippen LogP contribution in [-0.2, 0) is 6.42 Å². The molecule has 2 rings (SSSR count). The van der Waals surface area contributed by atoms with Gasteiger partial charge >= 0.3 is 0 Å². The summed E-state index contributed by atoms with van der Waals surface area (Å²) in [5, 5.41) is 5.92. The van der Waals surface area contributed by atoms with Crippen LogP contribution < -0.4 is 10.1 Å². The van der Waals surface area contributed by atoms with Crippen molar-refractivity contribution in [3.63, 3.8) is 0 Å². The number of rotatable bonds is 5. The summed E-state index contributed by atoms with van der Waals surface area (Å²) in [6.45, 7) is 0. The van der Waals surface area contributed by atoms with Gasteiger partial charge in [0.1, 0.15) is 0 Å². The molecule has 0 radical (unpaired) electrons. The highest BCUT2D eigenvalue weighted by atomic mass is 35.5. The Bertz CT molecular complexity index is 558. The van der Waals surface area contributed by atoms with Crippen molar-refractivity contribution in [2.24, 2.45) is 0 Å². The molecule has 0 aliphatic heterocycles. The van der Waals surface area contributed by atoms with Crippen molar-refractivity contribution in [1.82, 2.24) is 5.32 Å². The van der Waals surface area contributed by atoms with Gasteiger partial charge in [-0.2, -0.15) is 0 Å². The maximum absolute atomic E-state index is 13.7. The Morgan fingerprint density at radius 3 is 2.74 bits per heavy atom. The zero-order valence-electron chi connectivity index (χ0n) is 10.7. The highest BCUT2D eigenvalue weighted by Gasteiger charge is 2.16. The standard InChI is InChI=1S/C14H15ClFNOS/c1-17-12(14-10(15)5-6-19-14)8-9-3-4-13(18-2)11(16)7-9/h3-7,12,17H,8H2,1-2H3. The van der Waals surface area contributed by atoms with Gasteiger partial charge in [-0.3, -0.25) is 0 Å². The smallest absolute Gasteiger partial charge is 0.165 e. The van der Waals surface area contributed by atoms with E-state index in [1.165, 1.54) is 13.2 Å². The minimum atomic E-state index is -0.341. The molecule has 19 heavy (non-hydrogen) atoms. The molecule has 0 bridgehead atoms. The van der Waals surface area contributed by atoms with Crippen molar-refractivity contribution in [2.45, 2.75) is 12.5 Å². The molecular formula is C14H15ClFNOS. The van der Waals surface area contributed by atoms with E-state index in [0.717, 1.165) is 15.5 Å². The summed E-state index contributed by atoms with van der Waals surface area (Å²) < 4.78 is 18.6. The van der Waals surface area contributed by atoms with E-state index in [4.69, 9.17) is 16.3 Å². The van der Waals surface area contributed by atoms with E-state index < -0.39 is 0 Å². The van der Waals surface area contributed by atoms with Crippen molar-refractivity contribution in [2.75, 3.05) is 14.2 Å². The van der Waals surface area contributed by atoms with Gasteiger partial charge in [-0.05, 0) is 42.6 Å². The fraction of sp³-hybridized carbons (Fsp3) is 0.286. The second-order valence-corrected chi connectivity index (χ2v) is 5.50. The molecule has 1 heterocycles. The van der Waals surface area contributed by atoms with Crippen molar-refractivity contribution in [3.05, 3.63) is 50.9 Å². The predicted octanol–water partition coefficient (Wildman–Crippen LogP) is 4.05. The van der Waals surface area contributed by atoms with Crippen LogP contribution in [0.5, 0.6) is 5.75 Å². The first-order valence-corrected chi connectivity index (χ1v) is 7.14. The number of methoxy groups -OCH3 is 1. The molecule has 0 aliphatic carbocycles. The van der Waals surface area contributed by atoms with Gasteiger partial charge in [0.25, 0.3) is 0 Å². The molecule has 0 saturated heterocycles. The van der Waals surface area contributed by atoms with Crippen molar-refractivity contribution in [3.8, 4) is 5.75 Å². The fourth-order valence-electron chi connectivity index (χ4n) is 1.95. The van der Waals surface area contributed by atoms with Crippen molar-refractivity contribution < 1.29 is 9.13 Å². The summed E-state index contributed by atoms with van der Waals surface area (Å²) in [7, 11) is 3.33. The Labute approximate surface area is 121 Å². The third-order valence-electron chi connectivity index (χ3n) is 2.97. The van der Waals surface area contributed by atoms with Gasteiger partial charge in [0, 0.05) is 10.9 Å². The number of nitrogens with one attached hydrogen (secondary N) is 1. The first kappa shape index (κ1) is 14.3. The van der Waals surface area contributed by atoms with E-state index in [2.05, 4.69) is 5.32 Å². The van der Waals surface area contributed by atoms with Gasteiger partial charge in [-0.25, -0.2) is 4.39 Å². The van der Waals surface area contributed by atoms with Crippen LogP contribution in [0.1, 0.15) is 16.5 Å². The van der Waals surface area contributed by atoms with Gasteiger partial charge in [0.15, 0.2) is 11.6 Å². The largest absolute Gasteiger partial charge is 0.494 e. The van der Waals surface area contributed by atoms with Gasteiger partial charge in [-0.15, -0.1) is 11.3 Å². The number of likely N-dealkylation sites (N-methyl/N-ethyl adjacent to an activating group) is 1. The number of thiophene rings is 1. The van der Waals surface area contributed by atoms with Crippen LogP contribution in [0.2, 0.25) is 5.02 Å². The quantitative estimate of drug-likeness (QED) is 0.899. The molecule has 0 spiro atoms. The summed E-state index contributed by atoms with van der Waals surface area (Å²) in [6, 6.07) is 6.98. The number of ether oxygens (including phenoxy) is 1. The van der Waals surface area contributed by atoms with Crippen LogP contribution >= 0.6 is 22.9 Å². The molecule has 1 atom stereocenters. The van der Waals surface area contributed by atoms with Gasteiger partial charge in [0.2, 0.25) is 0 Å². The van der Waals surface area contributed by atoms with Crippen LogP contribution in [0.4, 0.5) is 4.39 Å². The van der Waals surface area contributed by atoms with E-state index in [0.29, 0.717) is 6.42 Å². The average Bonchev–Trinajstić information content (AvgIpc) is 2.82. The molecule has 0 aliphatic rings. The summed E-state index contributed by atoms with van der Waals surface area (Å²) in [6.07, 6.45) is 0.678. The van der Waals surface area contributed by atoms with Crippen LogP contribution in [0.25, 0.3) is 0 Å². The summed E-state index contributed by atoms with van der Waals surface area (Å²) in [5.74, 6) is -0.0777. The second-order valence-electron chi connectivity index (χ2n) is 4.15. The van der Waals surface area contributed by atoms with Crippen molar-refractivity contribution >= 4 is 22.9 Å².